The molecule has 0 unspecified atom stereocenters. The molecule has 1 amide bonds. The lowest BCUT2D eigenvalue weighted by Gasteiger charge is -2.11. The maximum atomic E-state index is 11.7. The van der Waals surface area contributed by atoms with E-state index in [1.54, 1.807) is 0 Å². The van der Waals surface area contributed by atoms with Crippen LogP contribution < -0.4 is 14.8 Å². The summed E-state index contributed by atoms with van der Waals surface area (Å²) in [5.41, 5.74) is 1.10. The molecule has 4 heteroatoms. The van der Waals surface area contributed by atoms with Crippen molar-refractivity contribution in [2.75, 3.05) is 6.79 Å². The van der Waals surface area contributed by atoms with Crippen molar-refractivity contribution in [1.29, 1.82) is 0 Å². The van der Waals surface area contributed by atoms with E-state index in [-0.39, 0.29) is 18.7 Å². The number of carbonyl (C=O) groups is 1. The van der Waals surface area contributed by atoms with Gasteiger partial charge in [0.25, 0.3) is 0 Å². The van der Waals surface area contributed by atoms with Crippen LogP contribution in [0.3, 0.4) is 0 Å². The number of rotatable bonds is 5. The number of hydrogen-bond donors (Lipinski definition) is 1. The van der Waals surface area contributed by atoms with Gasteiger partial charge in [-0.2, -0.15) is 0 Å². The van der Waals surface area contributed by atoms with Crippen molar-refractivity contribution in [3.63, 3.8) is 0 Å². The van der Waals surface area contributed by atoms with E-state index in [0.717, 1.165) is 29.9 Å². The van der Waals surface area contributed by atoms with E-state index in [0.29, 0.717) is 6.42 Å². The Morgan fingerprint density at radius 3 is 2.94 bits per heavy atom. The molecule has 0 fully saturated rings. The molecule has 2 rings (SSSR count). The van der Waals surface area contributed by atoms with Crippen LogP contribution in [0.2, 0.25) is 0 Å². The molecule has 0 saturated heterocycles. The average Bonchev–Trinajstić information content (AvgIpc) is 2.83. The number of carbonyl (C=O) groups excluding carboxylic acids is 1. The second-order valence-corrected chi connectivity index (χ2v) is 4.56. The Bertz CT molecular complexity index is 431. The first-order valence-corrected chi connectivity index (χ1v) is 6.37. The summed E-state index contributed by atoms with van der Waals surface area (Å²) in [5, 5.41) is 2.96. The van der Waals surface area contributed by atoms with E-state index in [4.69, 9.17) is 9.47 Å². The predicted molar refractivity (Wildman–Crippen MR) is 68.8 cm³/mol. The van der Waals surface area contributed by atoms with Crippen LogP contribution >= 0.6 is 0 Å². The minimum atomic E-state index is 0.0991. The summed E-state index contributed by atoms with van der Waals surface area (Å²) in [7, 11) is 0. The maximum absolute atomic E-state index is 11.7. The molecule has 0 aliphatic carbocycles. The molecule has 1 heterocycles. The summed E-state index contributed by atoms with van der Waals surface area (Å²) in [6.45, 7) is 4.36. The molecule has 1 N–H and O–H groups in total. The van der Waals surface area contributed by atoms with Gasteiger partial charge in [0, 0.05) is 12.5 Å². The molecule has 1 aliphatic heterocycles. The molecule has 0 spiro atoms. The molecular formula is C14H19NO3. The van der Waals surface area contributed by atoms with Gasteiger partial charge in [-0.15, -0.1) is 0 Å². The van der Waals surface area contributed by atoms with Crippen LogP contribution in [0.25, 0.3) is 0 Å². The number of ether oxygens (including phenoxy) is 2. The molecule has 4 nitrogen and oxygen atoms in total. The van der Waals surface area contributed by atoms with Crippen molar-refractivity contribution < 1.29 is 14.3 Å². The highest BCUT2D eigenvalue weighted by molar-refractivity contribution is 5.76. The van der Waals surface area contributed by atoms with Crippen molar-refractivity contribution in [3.05, 3.63) is 23.8 Å². The van der Waals surface area contributed by atoms with Gasteiger partial charge >= 0.3 is 0 Å². The molecule has 1 aliphatic rings. The molecule has 0 bridgehead atoms. The Kier molecular flexibility index (Phi) is 4.07. The largest absolute Gasteiger partial charge is 0.454 e. The third-order valence-electron chi connectivity index (χ3n) is 3.10. The Hall–Kier alpha value is -1.71. The van der Waals surface area contributed by atoms with Crippen molar-refractivity contribution in [2.24, 2.45) is 0 Å². The van der Waals surface area contributed by atoms with Crippen LogP contribution in [-0.2, 0) is 11.2 Å². The number of hydrogen-bond acceptors (Lipinski definition) is 3. The molecular weight excluding hydrogens is 230 g/mol. The van der Waals surface area contributed by atoms with Gasteiger partial charge in [-0.1, -0.05) is 13.0 Å². The summed E-state index contributed by atoms with van der Waals surface area (Å²) in [4.78, 5) is 11.7. The van der Waals surface area contributed by atoms with Crippen LogP contribution in [0.5, 0.6) is 11.5 Å². The maximum Gasteiger partial charge on any atom is 0.231 e. The predicted octanol–water partition coefficient (Wildman–Crippen LogP) is 2.26. The van der Waals surface area contributed by atoms with E-state index < -0.39 is 0 Å². The topological polar surface area (TPSA) is 47.6 Å². The molecule has 98 valence electrons. The molecule has 0 saturated carbocycles. The Morgan fingerprint density at radius 1 is 1.39 bits per heavy atom. The molecule has 1 atom stereocenters. The molecule has 0 radical (unpaired) electrons. The smallest absolute Gasteiger partial charge is 0.231 e. The Morgan fingerprint density at radius 2 is 2.17 bits per heavy atom. The first-order valence-electron chi connectivity index (χ1n) is 6.37. The molecule has 1 aromatic carbocycles. The third-order valence-corrected chi connectivity index (χ3v) is 3.10. The normalized spacial score (nSPS) is 14.3. The number of benzene rings is 1. The summed E-state index contributed by atoms with van der Waals surface area (Å²) >= 11 is 0. The fourth-order valence-electron chi connectivity index (χ4n) is 1.80. The van der Waals surface area contributed by atoms with Gasteiger partial charge in [-0.05, 0) is 37.5 Å². The highest BCUT2D eigenvalue weighted by Gasteiger charge is 2.13. The Labute approximate surface area is 107 Å². The Balaban J connectivity index is 1.85. The number of nitrogens with one attached hydrogen (secondary N) is 1. The summed E-state index contributed by atoms with van der Waals surface area (Å²) in [6.07, 6.45) is 2.18. The van der Waals surface area contributed by atoms with Gasteiger partial charge < -0.3 is 14.8 Å². The summed E-state index contributed by atoms with van der Waals surface area (Å²) in [6, 6.07) is 6.06. The van der Waals surface area contributed by atoms with E-state index in [1.165, 1.54) is 0 Å². The number of amides is 1. The lowest BCUT2D eigenvalue weighted by molar-refractivity contribution is -0.121. The minimum Gasteiger partial charge on any atom is -0.454 e. The van der Waals surface area contributed by atoms with Gasteiger partial charge in [0.05, 0.1) is 0 Å². The van der Waals surface area contributed by atoms with Gasteiger partial charge in [-0.3, -0.25) is 4.79 Å². The van der Waals surface area contributed by atoms with Gasteiger partial charge in [0.15, 0.2) is 11.5 Å². The lowest BCUT2D eigenvalue weighted by atomic mass is 10.1. The highest BCUT2D eigenvalue weighted by Crippen LogP contribution is 2.32. The monoisotopic (exact) mass is 249 g/mol. The molecule has 1 aromatic rings. The van der Waals surface area contributed by atoms with Crippen LogP contribution in [0, 0.1) is 0 Å². The second-order valence-electron chi connectivity index (χ2n) is 4.56. The fraction of sp³-hybridized carbons (Fsp3) is 0.500. The minimum absolute atomic E-state index is 0.0991. The van der Waals surface area contributed by atoms with Crippen molar-refractivity contribution in [2.45, 2.75) is 39.2 Å². The van der Waals surface area contributed by atoms with Crippen LogP contribution in [0.4, 0.5) is 0 Å². The van der Waals surface area contributed by atoms with E-state index in [9.17, 15) is 4.79 Å². The quantitative estimate of drug-likeness (QED) is 0.870. The van der Waals surface area contributed by atoms with Crippen LogP contribution in [-0.4, -0.2) is 18.7 Å². The summed E-state index contributed by atoms with van der Waals surface area (Å²) in [5.74, 6) is 1.65. The average molecular weight is 249 g/mol. The molecule has 18 heavy (non-hydrogen) atoms. The standard InChI is InChI=1S/C14H19NO3/c1-3-10(2)15-14(16)7-5-11-4-6-12-13(8-11)18-9-17-12/h4,6,8,10H,3,5,7,9H2,1-2H3,(H,15,16)/t10-/m0/s1. The zero-order valence-electron chi connectivity index (χ0n) is 10.9. The van der Waals surface area contributed by atoms with Crippen molar-refractivity contribution >= 4 is 5.91 Å². The van der Waals surface area contributed by atoms with Gasteiger partial charge in [0.1, 0.15) is 0 Å². The van der Waals surface area contributed by atoms with Gasteiger partial charge in [0.2, 0.25) is 12.7 Å². The lowest BCUT2D eigenvalue weighted by Crippen LogP contribution is -2.31. The fourth-order valence-corrected chi connectivity index (χ4v) is 1.80. The first-order chi connectivity index (χ1) is 8.69. The molecule has 0 aromatic heterocycles. The highest BCUT2D eigenvalue weighted by atomic mass is 16.7. The van der Waals surface area contributed by atoms with Crippen LogP contribution in [0.1, 0.15) is 32.3 Å². The summed E-state index contributed by atoms with van der Waals surface area (Å²) < 4.78 is 10.5. The SMILES string of the molecule is CC[C@H](C)NC(=O)CCc1ccc2c(c1)OCO2. The zero-order valence-corrected chi connectivity index (χ0v) is 10.9. The second kappa shape index (κ2) is 5.76. The van der Waals surface area contributed by atoms with E-state index in [1.807, 2.05) is 25.1 Å². The third kappa shape index (κ3) is 3.15. The number of fused-ring (bicyclic) bond motifs is 1. The van der Waals surface area contributed by atoms with E-state index >= 15 is 0 Å². The first kappa shape index (κ1) is 12.7. The van der Waals surface area contributed by atoms with Crippen molar-refractivity contribution in [1.82, 2.24) is 5.32 Å². The van der Waals surface area contributed by atoms with Crippen LogP contribution in [0.15, 0.2) is 18.2 Å². The van der Waals surface area contributed by atoms with E-state index in [2.05, 4.69) is 12.2 Å². The van der Waals surface area contributed by atoms with Gasteiger partial charge in [-0.25, -0.2) is 0 Å². The number of aryl methyl sites for hydroxylation is 1. The zero-order chi connectivity index (χ0) is 13.0. The van der Waals surface area contributed by atoms with Crippen molar-refractivity contribution in [3.8, 4) is 11.5 Å².